The lowest BCUT2D eigenvalue weighted by atomic mass is 9.57. The van der Waals surface area contributed by atoms with Crippen LogP contribution in [0.4, 0.5) is 4.39 Å². The van der Waals surface area contributed by atoms with Crippen LogP contribution in [0.2, 0.25) is 0 Å². The van der Waals surface area contributed by atoms with Gasteiger partial charge < -0.3 is 26.2 Å². The molecular weight excluding hydrogens is 533 g/mol. The molecule has 2 saturated carbocycles. The van der Waals surface area contributed by atoms with E-state index in [-0.39, 0.29) is 41.6 Å². The molecule has 5 rings (SSSR count). The summed E-state index contributed by atoms with van der Waals surface area (Å²) in [7, 11) is 3.06. The molecule has 1 aromatic carbocycles. The molecule has 0 aromatic heterocycles. The van der Waals surface area contributed by atoms with Crippen molar-refractivity contribution >= 4 is 23.2 Å². The number of phenols is 1. The first-order chi connectivity index (χ1) is 19.3. The molecule has 0 spiro atoms. The fourth-order valence-electron chi connectivity index (χ4n) is 7.63. The van der Waals surface area contributed by atoms with Crippen LogP contribution in [0.5, 0.6) is 5.75 Å². The SMILES string of the molecule is CCN(Cc1cc(O)c2c(c1F)C[C@H]1C[C@H]3[C@H](N(C)C)C(=O)C(C(N)=O)=C(O)[C@@]3(O)C(=O)C1=C2O)C1CCCCC1. The second-order valence-corrected chi connectivity index (χ2v) is 12.0. The van der Waals surface area contributed by atoms with Crippen molar-refractivity contribution in [2.75, 3.05) is 20.6 Å². The number of benzene rings is 1. The van der Waals surface area contributed by atoms with Gasteiger partial charge in [-0.15, -0.1) is 0 Å². The van der Waals surface area contributed by atoms with Gasteiger partial charge in [-0.2, -0.15) is 0 Å². The van der Waals surface area contributed by atoms with Crippen molar-refractivity contribution in [1.29, 1.82) is 0 Å². The number of Topliss-reactive ketones (excluding diaryl/α,β-unsaturated/α-hetero) is 2. The van der Waals surface area contributed by atoms with Crippen molar-refractivity contribution in [3.63, 3.8) is 0 Å². The van der Waals surface area contributed by atoms with Crippen LogP contribution >= 0.6 is 0 Å². The fourth-order valence-corrected chi connectivity index (χ4v) is 7.63. The summed E-state index contributed by atoms with van der Waals surface area (Å²) in [6.07, 6.45) is 5.31. The summed E-state index contributed by atoms with van der Waals surface area (Å²) in [4.78, 5) is 42.8. The Morgan fingerprint density at radius 1 is 1.15 bits per heavy atom. The monoisotopic (exact) mass is 571 g/mol. The summed E-state index contributed by atoms with van der Waals surface area (Å²) in [5.41, 5.74) is 1.57. The van der Waals surface area contributed by atoms with E-state index < -0.39 is 69.6 Å². The lowest BCUT2D eigenvalue weighted by Crippen LogP contribution is -2.65. The molecule has 0 saturated heterocycles. The van der Waals surface area contributed by atoms with E-state index in [4.69, 9.17) is 5.73 Å². The predicted molar refractivity (Wildman–Crippen MR) is 147 cm³/mol. The van der Waals surface area contributed by atoms with Gasteiger partial charge in [0.1, 0.15) is 28.7 Å². The Morgan fingerprint density at radius 2 is 1.80 bits per heavy atom. The van der Waals surface area contributed by atoms with Crippen molar-refractivity contribution in [2.24, 2.45) is 17.6 Å². The number of carbonyl (C=O) groups is 3. The predicted octanol–water partition coefficient (Wildman–Crippen LogP) is 2.26. The van der Waals surface area contributed by atoms with Gasteiger partial charge in [0.25, 0.3) is 5.91 Å². The van der Waals surface area contributed by atoms with E-state index in [1.165, 1.54) is 31.5 Å². The number of carbonyl (C=O) groups excluding carboxylic acids is 3. The number of ketones is 2. The van der Waals surface area contributed by atoms with E-state index in [0.29, 0.717) is 12.6 Å². The van der Waals surface area contributed by atoms with Gasteiger partial charge in [0.15, 0.2) is 11.4 Å². The van der Waals surface area contributed by atoms with Gasteiger partial charge in [0, 0.05) is 35.2 Å². The van der Waals surface area contributed by atoms with Crippen LogP contribution in [0.3, 0.4) is 0 Å². The van der Waals surface area contributed by atoms with Gasteiger partial charge in [0.05, 0.1) is 11.6 Å². The first-order valence-corrected chi connectivity index (χ1v) is 14.3. The van der Waals surface area contributed by atoms with Gasteiger partial charge in [-0.3, -0.25) is 24.2 Å². The maximum Gasteiger partial charge on any atom is 0.255 e. The molecule has 0 heterocycles. The summed E-state index contributed by atoms with van der Waals surface area (Å²) < 4.78 is 16.1. The average molecular weight is 572 g/mol. The number of aromatic hydroxyl groups is 1. The molecule has 1 aromatic rings. The Bertz CT molecular complexity index is 1380. The van der Waals surface area contributed by atoms with Crippen LogP contribution in [0.15, 0.2) is 23.0 Å². The highest BCUT2D eigenvalue weighted by Crippen LogP contribution is 2.53. The van der Waals surface area contributed by atoms with Crippen LogP contribution < -0.4 is 5.73 Å². The minimum absolute atomic E-state index is 0.0605. The zero-order valence-corrected chi connectivity index (χ0v) is 23.6. The molecule has 0 unspecified atom stereocenters. The summed E-state index contributed by atoms with van der Waals surface area (Å²) in [6.45, 7) is 3.00. The smallest absolute Gasteiger partial charge is 0.255 e. The third-order valence-corrected chi connectivity index (χ3v) is 9.60. The van der Waals surface area contributed by atoms with E-state index in [1.54, 1.807) is 0 Å². The van der Waals surface area contributed by atoms with Gasteiger partial charge >= 0.3 is 0 Å². The average Bonchev–Trinajstić information content (AvgIpc) is 2.91. The molecule has 0 bridgehead atoms. The quantitative estimate of drug-likeness (QED) is 0.322. The Morgan fingerprint density at radius 3 is 2.39 bits per heavy atom. The number of likely N-dealkylation sites (N-methyl/N-ethyl adjacent to an activating group) is 1. The molecule has 0 radical (unpaired) electrons. The number of hydrogen-bond donors (Lipinski definition) is 5. The Kier molecular flexibility index (Phi) is 7.50. The van der Waals surface area contributed by atoms with Gasteiger partial charge in [0.2, 0.25) is 5.78 Å². The molecule has 10 nitrogen and oxygen atoms in total. The second kappa shape index (κ2) is 10.5. The summed E-state index contributed by atoms with van der Waals surface area (Å²) >= 11 is 0. The summed E-state index contributed by atoms with van der Waals surface area (Å²) in [6, 6.07) is 0.397. The van der Waals surface area contributed by atoms with Gasteiger partial charge in [-0.25, -0.2) is 4.39 Å². The number of phenolic OH excluding ortho intramolecular Hbond substituents is 1. The topological polar surface area (TPSA) is 165 Å². The van der Waals surface area contributed by atoms with E-state index in [2.05, 4.69) is 4.90 Å². The number of nitrogens with zero attached hydrogens (tertiary/aromatic N) is 2. The van der Waals surface area contributed by atoms with Crippen molar-refractivity contribution in [1.82, 2.24) is 9.80 Å². The normalized spacial score (nSPS) is 28.7. The number of halogens is 1. The van der Waals surface area contributed by atoms with Crippen LogP contribution in [0.1, 0.15) is 62.1 Å². The van der Waals surface area contributed by atoms with Crippen LogP contribution in [-0.4, -0.2) is 86.0 Å². The lowest BCUT2D eigenvalue weighted by molar-refractivity contribution is -0.153. The van der Waals surface area contributed by atoms with Crippen molar-refractivity contribution in [3.05, 3.63) is 45.5 Å². The highest BCUT2D eigenvalue weighted by atomic mass is 19.1. The largest absolute Gasteiger partial charge is 0.508 e. The third kappa shape index (κ3) is 4.36. The Labute approximate surface area is 237 Å². The molecule has 4 aliphatic rings. The molecule has 11 heteroatoms. The van der Waals surface area contributed by atoms with E-state index in [1.807, 2.05) is 6.92 Å². The van der Waals surface area contributed by atoms with E-state index in [0.717, 1.165) is 25.7 Å². The highest BCUT2D eigenvalue weighted by Gasteiger charge is 2.64. The molecule has 6 N–H and O–H groups in total. The molecule has 4 aliphatic carbocycles. The number of rotatable bonds is 6. The molecule has 4 atom stereocenters. The van der Waals surface area contributed by atoms with Crippen LogP contribution in [-0.2, 0) is 27.3 Å². The number of amides is 1. The zero-order chi connectivity index (χ0) is 30.0. The van der Waals surface area contributed by atoms with Gasteiger partial charge in [-0.05, 0) is 58.3 Å². The molecule has 0 aliphatic heterocycles. The summed E-state index contributed by atoms with van der Waals surface area (Å²) in [5.74, 6) is -8.08. The number of nitrogens with two attached hydrogens (primary N) is 1. The maximum absolute atomic E-state index is 16.1. The third-order valence-electron chi connectivity index (χ3n) is 9.60. The minimum Gasteiger partial charge on any atom is -0.508 e. The van der Waals surface area contributed by atoms with Crippen molar-refractivity contribution in [3.8, 4) is 5.75 Å². The van der Waals surface area contributed by atoms with Crippen LogP contribution in [0, 0.1) is 17.7 Å². The number of fused-ring (bicyclic) bond motifs is 3. The van der Waals surface area contributed by atoms with E-state index in [9.17, 15) is 34.8 Å². The van der Waals surface area contributed by atoms with Crippen molar-refractivity contribution < 1.29 is 39.2 Å². The van der Waals surface area contributed by atoms with E-state index >= 15 is 4.39 Å². The fraction of sp³-hybridized carbons (Fsp3) is 0.567. The van der Waals surface area contributed by atoms with Crippen molar-refractivity contribution in [2.45, 2.75) is 76.1 Å². The molecule has 1 amide bonds. The highest BCUT2D eigenvalue weighted by molar-refractivity contribution is 6.24. The molecular formula is C30H38FN3O7. The number of aliphatic hydroxyl groups is 3. The number of aliphatic hydroxyl groups excluding tert-OH is 2. The lowest BCUT2D eigenvalue weighted by Gasteiger charge is -2.50. The Balaban J connectivity index is 1.60. The molecule has 222 valence electrons. The first kappa shape index (κ1) is 29.2. The second-order valence-electron chi connectivity index (χ2n) is 12.0. The van der Waals surface area contributed by atoms with Crippen LogP contribution in [0.25, 0.3) is 5.76 Å². The molecule has 2 fully saturated rings. The minimum atomic E-state index is -2.72. The number of hydrogen-bond acceptors (Lipinski definition) is 9. The standard InChI is InChI=1S/C30H38FN3O7/c1-4-34(16-8-6-5-7-9-16)13-15-12-19(35)21-17(23(15)31)10-14-11-18-24(33(2)3)26(37)22(29(32)40)28(39)30(18,41)27(38)20(14)25(21)36/h12,14,16,18,24,35-36,39,41H,4-11,13H2,1-3H3,(H2,32,40)/t14-,18-,24-,30-/m0/s1. The van der Waals surface area contributed by atoms with Gasteiger partial charge in [-0.1, -0.05) is 26.2 Å². The first-order valence-electron chi connectivity index (χ1n) is 14.3. The summed E-state index contributed by atoms with van der Waals surface area (Å²) in [5, 5.41) is 44.9. The Hall–Kier alpha value is -3.28. The zero-order valence-electron chi connectivity index (χ0n) is 23.6. The number of primary amides is 1. The molecule has 41 heavy (non-hydrogen) atoms. The maximum atomic E-state index is 16.1.